The Morgan fingerprint density at radius 3 is 1.64 bits per heavy atom. The lowest BCUT2D eigenvalue weighted by Gasteiger charge is -2.58. The SMILES string of the molecule is Cl.Cl.O=C1NC(Cc2ccncc2)(Cc2ccncc2)C(=O)N1C12CC3CC(CC(C3)C1)C2. The molecule has 2 aromatic heterocycles. The molecule has 5 aliphatic rings. The zero-order valence-corrected chi connectivity index (χ0v) is 20.1. The van der Waals surface area contributed by atoms with Gasteiger partial charge in [0.2, 0.25) is 0 Å². The molecule has 2 aromatic rings. The third-order valence-corrected chi connectivity index (χ3v) is 8.15. The van der Waals surface area contributed by atoms with Crippen molar-refractivity contribution in [3.8, 4) is 0 Å². The van der Waals surface area contributed by atoms with Gasteiger partial charge in [0.05, 0.1) is 5.54 Å². The molecule has 0 spiro atoms. The van der Waals surface area contributed by atoms with Crippen LogP contribution in [0.1, 0.15) is 49.7 Å². The van der Waals surface area contributed by atoms with Crippen LogP contribution in [0.2, 0.25) is 0 Å². The Labute approximate surface area is 206 Å². The fourth-order valence-electron chi connectivity index (χ4n) is 7.39. The molecule has 5 fully saturated rings. The van der Waals surface area contributed by atoms with Gasteiger partial charge in [-0.3, -0.25) is 19.7 Å². The molecule has 7 rings (SSSR count). The van der Waals surface area contributed by atoms with Crippen molar-refractivity contribution in [1.82, 2.24) is 20.2 Å². The lowest BCUT2D eigenvalue weighted by Crippen LogP contribution is -2.62. The number of rotatable bonds is 5. The van der Waals surface area contributed by atoms with Gasteiger partial charge in [0.15, 0.2) is 0 Å². The first-order valence-corrected chi connectivity index (χ1v) is 11.5. The van der Waals surface area contributed by atoms with E-state index in [-0.39, 0.29) is 42.3 Å². The summed E-state index contributed by atoms with van der Waals surface area (Å²) in [6.45, 7) is 0. The largest absolute Gasteiger partial charge is 0.325 e. The van der Waals surface area contributed by atoms with Crippen LogP contribution in [-0.2, 0) is 17.6 Å². The van der Waals surface area contributed by atoms with Crippen LogP contribution < -0.4 is 5.32 Å². The summed E-state index contributed by atoms with van der Waals surface area (Å²) in [7, 11) is 0. The molecule has 0 atom stereocenters. The third kappa shape index (κ3) is 4.01. The summed E-state index contributed by atoms with van der Waals surface area (Å²) >= 11 is 0. The van der Waals surface area contributed by atoms with Gasteiger partial charge >= 0.3 is 6.03 Å². The number of urea groups is 1. The van der Waals surface area contributed by atoms with Crippen LogP contribution in [0.4, 0.5) is 4.79 Å². The Morgan fingerprint density at radius 2 is 1.21 bits per heavy atom. The van der Waals surface area contributed by atoms with Gasteiger partial charge in [-0.15, -0.1) is 24.8 Å². The summed E-state index contributed by atoms with van der Waals surface area (Å²) in [5, 5.41) is 3.19. The fraction of sp³-hybridized carbons (Fsp3) is 0.520. The smallest absolute Gasteiger partial charge is 0.322 e. The zero-order chi connectivity index (χ0) is 21.1. The van der Waals surface area contributed by atoms with Crippen molar-refractivity contribution in [2.75, 3.05) is 0 Å². The topological polar surface area (TPSA) is 75.2 Å². The normalized spacial score (nSPS) is 31.0. The Hall–Kier alpha value is -2.18. The zero-order valence-electron chi connectivity index (χ0n) is 18.5. The van der Waals surface area contributed by atoms with Crippen LogP contribution in [0.25, 0.3) is 0 Å². The third-order valence-electron chi connectivity index (χ3n) is 8.15. The summed E-state index contributed by atoms with van der Waals surface area (Å²) in [4.78, 5) is 37.5. The number of nitrogens with zero attached hydrogens (tertiary/aromatic N) is 3. The van der Waals surface area contributed by atoms with Gasteiger partial charge in [0, 0.05) is 37.6 Å². The van der Waals surface area contributed by atoms with Crippen LogP contribution in [0.3, 0.4) is 0 Å². The molecule has 3 amide bonds. The molecule has 33 heavy (non-hydrogen) atoms. The van der Waals surface area contributed by atoms with Gasteiger partial charge in [0.1, 0.15) is 5.54 Å². The van der Waals surface area contributed by atoms with Crippen molar-refractivity contribution >= 4 is 36.8 Å². The monoisotopic (exact) mass is 488 g/mol. The Bertz CT molecular complexity index is 941. The maximum atomic E-state index is 14.2. The van der Waals surface area contributed by atoms with Crippen LogP contribution in [0.5, 0.6) is 0 Å². The molecule has 0 radical (unpaired) electrons. The highest BCUT2D eigenvalue weighted by atomic mass is 35.5. The van der Waals surface area contributed by atoms with E-state index in [1.54, 1.807) is 29.7 Å². The van der Waals surface area contributed by atoms with Crippen molar-refractivity contribution in [1.29, 1.82) is 0 Å². The van der Waals surface area contributed by atoms with Crippen LogP contribution >= 0.6 is 24.8 Å². The minimum Gasteiger partial charge on any atom is -0.322 e. The molecular weight excluding hydrogens is 459 g/mol. The first kappa shape index (κ1) is 24.0. The molecule has 3 heterocycles. The van der Waals surface area contributed by atoms with Gasteiger partial charge in [-0.05, 0) is 91.7 Å². The van der Waals surface area contributed by atoms with Crippen molar-refractivity contribution < 1.29 is 9.59 Å². The number of imide groups is 1. The first-order chi connectivity index (χ1) is 15.1. The minimum absolute atomic E-state index is 0. The number of halogens is 2. The molecule has 1 saturated heterocycles. The fourth-order valence-corrected chi connectivity index (χ4v) is 7.39. The van der Waals surface area contributed by atoms with E-state index in [0.717, 1.165) is 30.4 Å². The Morgan fingerprint density at radius 1 is 0.788 bits per heavy atom. The number of pyridine rings is 2. The number of nitrogens with one attached hydrogen (secondary N) is 1. The van der Waals surface area contributed by atoms with Crippen LogP contribution in [-0.4, -0.2) is 37.9 Å². The maximum Gasteiger partial charge on any atom is 0.325 e. The average Bonchev–Trinajstić information content (AvgIpc) is 2.98. The summed E-state index contributed by atoms with van der Waals surface area (Å²) < 4.78 is 0. The molecule has 6 nitrogen and oxygen atoms in total. The second-order valence-corrected chi connectivity index (χ2v) is 10.4. The van der Waals surface area contributed by atoms with E-state index in [2.05, 4.69) is 15.3 Å². The summed E-state index contributed by atoms with van der Waals surface area (Å²) in [6, 6.07) is 7.53. The molecule has 1 N–H and O–H groups in total. The summed E-state index contributed by atoms with van der Waals surface area (Å²) in [5.74, 6) is 1.96. The molecule has 1 aliphatic heterocycles. The lowest BCUT2D eigenvalue weighted by molar-refractivity contribution is -0.144. The van der Waals surface area contributed by atoms with Gasteiger partial charge in [-0.2, -0.15) is 0 Å². The first-order valence-electron chi connectivity index (χ1n) is 11.5. The molecule has 4 aliphatic carbocycles. The number of hydrogen-bond acceptors (Lipinski definition) is 4. The van der Waals surface area contributed by atoms with Gasteiger partial charge in [-0.1, -0.05) is 0 Å². The number of amides is 3. The van der Waals surface area contributed by atoms with Crippen molar-refractivity contribution in [2.24, 2.45) is 17.8 Å². The van der Waals surface area contributed by atoms with Gasteiger partial charge < -0.3 is 5.32 Å². The van der Waals surface area contributed by atoms with Crippen molar-refractivity contribution in [2.45, 2.75) is 62.4 Å². The Kier molecular flexibility index (Phi) is 6.45. The highest BCUT2D eigenvalue weighted by Crippen LogP contribution is 2.58. The number of carbonyl (C=O) groups excluding carboxylic acids is 2. The van der Waals surface area contributed by atoms with Gasteiger partial charge in [-0.25, -0.2) is 4.79 Å². The van der Waals surface area contributed by atoms with E-state index in [0.29, 0.717) is 30.6 Å². The molecular formula is C25H30Cl2N4O2. The highest BCUT2D eigenvalue weighted by molar-refractivity contribution is 6.08. The second kappa shape index (κ2) is 8.88. The molecule has 4 bridgehead atoms. The van der Waals surface area contributed by atoms with Crippen LogP contribution in [0.15, 0.2) is 49.1 Å². The standard InChI is InChI=1S/C25H28N4O2.2ClH/c30-22-25(15-17-1-5-26-6-2-17,16-18-3-7-27-8-4-18)28-23(31)29(22)24-12-19-9-20(13-24)11-21(10-19)14-24;;/h1-8,19-21H,9-16H2,(H,28,31);2*1H. The molecule has 176 valence electrons. The predicted molar refractivity (Wildman–Crippen MR) is 129 cm³/mol. The molecule has 0 aromatic carbocycles. The average molecular weight is 489 g/mol. The van der Waals surface area contributed by atoms with E-state index < -0.39 is 5.54 Å². The number of aromatic nitrogens is 2. The Balaban J connectivity index is 0.00000130. The van der Waals surface area contributed by atoms with Crippen LogP contribution in [0, 0.1) is 17.8 Å². The number of hydrogen-bond donors (Lipinski definition) is 1. The highest BCUT2D eigenvalue weighted by Gasteiger charge is 2.62. The second-order valence-electron chi connectivity index (χ2n) is 10.4. The maximum absolute atomic E-state index is 14.2. The summed E-state index contributed by atoms with van der Waals surface area (Å²) in [6.07, 6.45) is 14.7. The van der Waals surface area contributed by atoms with Gasteiger partial charge in [0.25, 0.3) is 5.91 Å². The molecule has 8 heteroatoms. The lowest BCUT2D eigenvalue weighted by atomic mass is 9.52. The van der Waals surface area contributed by atoms with E-state index >= 15 is 0 Å². The number of carbonyl (C=O) groups is 2. The molecule has 0 unspecified atom stereocenters. The van der Waals surface area contributed by atoms with Crippen molar-refractivity contribution in [3.05, 3.63) is 60.2 Å². The van der Waals surface area contributed by atoms with E-state index in [1.807, 2.05) is 24.3 Å². The minimum atomic E-state index is -0.969. The summed E-state index contributed by atoms with van der Waals surface area (Å²) in [5.41, 5.74) is 0.757. The molecule has 4 saturated carbocycles. The van der Waals surface area contributed by atoms with E-state index in [4.69, 9.17) is 0 Å². The van der Waals surface area contributed by atoms with E-state index in [9.17, 15) is 9.59 Å². The quantitative estimate of drug-likeness (QED) is 0.634. The van der Waals surface area contributed by atoms with E-state index in [1.165, 1.54) is 19.3 Å². The van der Waals surface area contributed by atoms with Crippen molar-refractivity contribution in [3.63, 3.8) is 0 Å². The predicted octanol–water partition coefficient (Wildman–Crippen LogP) is 4.36.